The number of hydrogen-bond acceptors (Lipinski definition) is 5. The number of rotatable bonds is 11. The van der Waals surface area contributed by atoms with Crippen LogP contribution in [0.3, 0.4) is 0 Å². The van der Waals surface area contributed by atoms with Gasteiger partial charge >= 0.3 is 0 Å². The summed E-state index contributed by atoms with van der Waals surface area (Å²) in [7, 11) is 0. The van der Waals surface area contributed by atoms with E-state index in [4.69, 9.17) is 42.3 Å². The van der Waals surface area contributed by atoms with Crippen molar-refractivity contribution in [2.75, 3.05) is 13.2 Å². The van der Waals surface area contributed by atoms with Crippen molar-refractivity contribution in [1.29, 1.82) is 0 Å². The van der Waals surface area contributed by atoms with Crippen LogP contribution >= 0.6 is 23.2 Å². The van der Waals surface area contributed by atoms with Gasteiger partial charge in [-0.1, -0.05) is 58.7 Å². The third kappa shape index (κ3) is 8.53. The molecule has 166 valence electrons. The fraction of sp³-hybridized carbons (Fsp3) is 0.160. The Kier molecular flexibility index (Phi) is 9.29. The van der Waals surface area contributed by atoms with Crippen LogP contribution in [-0.4, -0.2) is 18.9 Å². The van der Waals surface area contributed by atoms with Crippen LogP contribution in [0, 0.1) is 0 Å². The van der Waals surface area contributed by atoms with Crippen LogP contribution in [0.1, 0.15) is 12.5 Å². The van der Waals surface area contributed by atoms with Gasteiger partial charge in [0.05, 0.1) is 5.71 Å². The molecule has 3 aromatic rings. The van der Waals surface area contributed by atoms with Crippen LogP contribution in [0.2, 0.25) is 0 Å². The van der Waals surface area contributed by atoms with E-state index in [9.17, 15) is 0 Å². The van der Waals surface area contributed by atoms with Crippen LogP contribution in [0.25, 0.3) is 0 Å². The second kappa shape index (κ2) is 12.6. The average Bonchev–Trinajstić information content (AvgIpc) is 2.80. The number of oxime groups is 1. The van der Waals surface area contributed by atoms with Crippen molar-refractivity contribution in [3.63, 3.8) is 0 Å². The minimum Gasteiger partial charge on any atom is -0.489 e. The van der Waals surface area contributed by atoms with Crippen LogP contribution in [0.4, 0.5) is 0 Å². The minimum atomic E-state index is 0.177. The van der Waals surface area contributed by atoms with Gasteiger partial charge in [-0.3, -0.25) is 0 Å². The third-order valence-electron chi connectivity index (χ3n) is 4.11. The number of ether oxygens (including phenoxy) is 3. The molecule has 0 bridgehead atoms. The van der Waals surface area contributed by atoms with E-state index in [1.165, 1.54) is 0 Å². The first-order chi connectivity index (χ1) is 15.6. The van der Waals surface area contributed by atoms with Gasteiger partial charge in [0.25, 0.3) is 0 Å². The Balaban J connectivity index is 1.42. The number of hydrogen-bond donors (Lipinski definition) is 0. The second-order valence-electron chi connectivity index (χ2n) is 6.72. The van der Waals surface area contributed by atoms with E-state index in [0.29, 0.717) is 42.8 Å². The maximum atomic E-state index is 5.84. The van der Waals surface area contributed by atoms with E-state index in [1.54, 1.807) is 6.08 Å². The summed E-state index contributed by atoms with van der Waals surface area (Å²) < 4.78 is 17.3. The van der Waals surface area contributed by atoms with E-state index in [0.717, 1.165) is 11.3 Å². The van der Waals surface area contributed by atoms with Gasteiger partial charge in [0.2, 0.25) is 0 Å². The molecule has 32 heavy (non-hydrogen) atoms. The molecule has 0 heterocycles. The van der Waals surface area contributed by atoms with E-state index in [1.807, 2.05) is 85.8 Å². The molecule has 0 radical (unpaired) electrons. The Morgan fingerprint density at radius 1 is 0.781 bits per heavy atom. The molecule has 7 heteroatoms. The molecule has 0 amide bonds. The molecule has 0 aliphatic heterocycles. The molecule has 0 saturated carbocycles. The van der Waals surface area contributed by atoms with Crippen LogP contribution in [0.15, 0.2) is 94.6 Å². The molecule has 0 spiro atoms. The highest BCUT2D eigenvalue weighted by atomic mass is 35.5. The molecule has 0 aliphatic rings. The molecule has 0 fully saturated rings. The molecule has 0 N–H and O–H groups in total. The zero-order valence-corrected chi connectivity index (χ0v) is 19.1. The van der Waals surface area contributed by atoms with Crippen molar-refractivity contribution in [3.8, 4) is 23.0 Å². The molecule has 0 aromatic heterocycles. The maximum Gasteiger partial charge on any atom is 0.142 e. The fourth-order valence-electron chi connectivity index (χ4n) is 2.55. The number of halogens is 2. The zero-order chi connectivity index (χ0) is 22.6. The van der Waals surface area contributed by atoms with Crippen molar-refractivity contribution >= 4 is 28.9 Å². The van der Waals surface area contributed by atoms with Gasteiger partial charge in [0, 0.05) is 0 Å². The lowest BCUT2D eigenvalue weighted by atomic mass is 10.2. The van der Waals surface area contributed by atoms with E-state index in [2.05, 4.69) is 5.16 Å². The highest BCUT2D eigenvalue weighted by Crippen LogP contribution is 2.25. The minimum absolute atomic E-state index is 0.177. The second-order valence-corrected chi connectivity index (χ2v) is 7.73. The standard InChI is InChI=1S/C25H23Cl2NO4/c1-19(28-31-18-20-5-3-2-4-6-20)17-30-22-9-13-24(14-10-22)32-23-11-7-21(8-12-23)29-16-15-25(26)27/h2-15H,16-18H2,1H3. The van der Waals surface area contributed by atoms with Crippen molar-refractivity contribution in [2.45, 2.75) is 13.5 Å². The quantitative estimate of drug-likeness (QED) is 0.220. The van der Waals surface area contributed by atoms with E-state index >= 15 is 0 Å². The number of nitrogens with zero attached hydrogens (tertiary/aromatic N) is 1. The number of benzene rings is 3. The van der Waals surface area contributed by atoms with Gasteiger partial charge in [-0.2, -0.15) is 0 Å². The first-order valence-corrected chi connectivity index (χ1v) is 10.7. The van der Waals surface area contributed by atoms with Crippen molar-refractivity contribution in [1.82, 2.24) is 0 Å². The Morgan fingerprint density at radius 3 is 1.94 bits per heavy atom. The molecule has 5 nitrogen and oxygen atoms in total. The smallest absolute Gasteiger partial charge is 0.142 e. The topological polar surface area (TPSA) is 49.3 Å². The molecule has 0 saturated heterocycles. The average molecular weight is 472 g/mol. The molecule has 3 rings (SSSR count). The molecule has 0 atom stereocenters. The summed E-state index contributed by atoms with van der Waals surface area (Å²) in [5.74, 6) is 2.79. The van der Waals surface area contributed by atoms with Gasteiger partial charge in [0.1, 0.15) is 47.3 Å². The Labute approximate surface area is 197 Å². The zero-order valence-electron chi connectivity index (χ0n) is 17.5. The lowest BCUT2D eigenvalue weighted by molar-refractivity contribution is 0.128. The van der Waals surface area contributed by atoms with Crippen LogP contribution < -0.4 is 14.2 Å². The maximum absolute atomic E-state index is 5.84. The summed E-state index contributed by atoms with van der Waals surface area (Å²) in [4.78, 5) is 5.36. The van der Waals surface area contributed by atoms with E-state index < -0.39 is 0 Å². The van der Waals surface area contributed by atoms with Crippen LogP contribution in [0.5, 0.6) is 23.0 Å². The van der Waals surface area contributed by atoms with Gasteiger partial charge < -0.3 is 19.0 Å². The highest BCUT2D eigenvalue weighted by molar-refractivity contribution is 6.55. The van der Waals surface area contributed by atoms with Crippen LogP contribution in [-0.2, 0) is 11.4 Å². The molecule has 3 aromatic carbocycles. The first-order valence-electron chi connectivity index (χ1n) is 9.92. The van der Waals surface area contributed by atoms with Gasteiger partial charge in [0.15, 0.2) is 0 Å². The monoisotopic (exact) mass is 471 g/mol. The molecule has 0 unspecified atom stereocenters. The predicted octanol–water partition coefficient (Wildman–Crippen LogP) is 7.15. The van der Waals surface area contributed by atoms with Gasteiger partial charge in [-0.25, -0.2) is 0 Å². The lowest BCUT2D eigenvalue weighted by Gasteiger charge is -2.09. The Bertz CT molecular complexity index is 1020. The Morgan fingerprint density at radius 2 is 1.34 bits per heavy atom. The predicted molar refractivity (Wildman–Crippen MR) is 128 cm³/mol. The summed E-state index contributed by atoms with van der Waals surface area (Å²) in [5, 5.41) is 4.08. The van der Waals surface area contributed by atoms with Gasteiger partial charge in [-0.05, 0) is 67.1 Å². The molecule has 0 aliphatic carbocycles. The summed E-state index contributed by atoms with van der Waals surface area (Å²) in [6, 6.07) is 24.5. The fourth-order valence-corrected chi connectivity index (χ4v) is 2.68. The molecular weight excluding hydrogens is 449 g/mol. The van der Waals surface area contributed by atoms with E-state index in [-0.39, 0.29) is 4.49 Å². The normalized spacial score (nSPS) is 10.9. The summed E-state index contributed by atoms with van der Waals surface area (Å²) in [5.41, 5.74) is 1.81. The molecular formula is C25H23Cl2NO4. The third-order valence-corrected chi connectivity index (χ3v) is 4.42. The first kappa shape index (κ1) is 23.5. The largest absolute Gasteiger partial charge is 0.489 e. The highest BCUT2D eigenvalue weighted by Gasteiger charge is 2.02. The van der Waals surface area contributed by atoms with Crippen molar-refractivity contribution in [3.05, 3.63) is 95.0 Å². The van der Waals surface area contributed by atoms with Crippen molar-refractivity contribution < 1.29 is 19.0 Å². The lowest BCUT2D eigenvalue weighted by Crippen LogP contribution is -2.08. The summed E-state index contributed by atoms with van der Waals surface area (Å²) in [6.45, 7) is 2.92. The Hall–Kier alpha value is -3.15. The summed E-state index contributed by atoms with van der Waals surface area (Å²) >= 11 is 11.1. The summed E-state index contributed by atoms with van der Waals surface area (Å²) in [6.07, 6.45) is 1.57. The van der Waals surface area contributed by atoms with Gasteiger partial charge in [-0.15, -0.1) is 0 Å². The van der Waals surface area contributed by atoms with Crippen molar-refractivity contribution in [2.24, 2.45) is 5.16 Å². The SMILES string of the molecule is CC(COc1ccc(Oc2ccc(OCC=C(Cl)Cl)cc2)cc1)=NOCc1ccccc1.